The molecule has 3 aromatic carbocycles. The molecule has 1 N–H and O–H groups in total. The first kappa shape index (κ1) is 30.0. The Morgan fingerprint density at radius 1 is 0.977 bits per heavy atom. The van der Waals surface area contributed by atoms with Gasteiger partial charge in [0.2, 0.25) is 5.91 Å². The van der Waals surface area contributed by atoms with Crippen molar-refractivity contribution < 1.29 is 32.2 Å². The number of nitrogens with zero attached hydrogens (tertiary/aromatic N) is 4. The number of hydrogen-bond donors (Lipinski definition) is 1. The van der Waals surface area contributed by atoms with E-state index in [0.29, 0.717) is 18.0 Å². The van der Waals surface area contributed by atoms with Crippen molar-refractivity contribution in [1.29, 1.82) is 0 Å². The van der Waals surface area contributed by atoms with Crippen LogP contribution in [0, 0.1) is 0 Å². The van der Waals surface area contributed by atoms with Gasteiger partial charge in [-0.3, -0.25) is 14.2 Å². The van der Waals surface area contributed by atoms with Gasteiger partial charge in [0, 0.05) is 23.9 Å². The molecule has 0 atom stereocenters. The summed E-state index contributed by atoms with van der Waals surface area (Å²) >= 11 is 1.06. The van der Waals surface area contributed by atoms with Gasteiger partial charge < -0.3 is 19.7 Å². The molecule has 224 valence electrons. The maximum Gasteiger partial charge on any atom is 0.416 e. The molecule has 43 heavy (non-hydrogen) atoms. The Balaban J connectivity index is 1.41. The summed E-state index contributed by atoms with van der Waals surface area (Å²) in [5.41, 5.74) is 1.49. The Morgan fingerprint density at radius 2 is 1.72 bits per heavy atom. The summed E-state index contributed by atoms with van der Waals surface area (Å²) in [4.78, 5) is 28.0. The molecule has 0 radical (unpaired) electrons. The van der Waals surface area contributed by atoms with Gasteiger partial charge in [-0.15, -0.1) is 10.2 Å². The molecular weight excluding hydrogens is 583 g/mol. The molecule has 0 fully saturated rings. The lowest BCUT2D eigenvalue weighted by Gasteiger charge is -2.29. The molecule has 2 amide bonds. The number of fused-ring (bicyclic) bond motifs is 1. The van der Waals surface area contributed by atoms with E-state index >= 15 is 0 Å². The largest absolute Gasteiger partial charge is 0.497 e. The maximum atomic E-state index is 13.6. The Labute approximate surface area is 250 Å². The number of aromatic nitrogens is 3. The molecule has 0 bridgehead atoms. The van der Waals surface area contributed by atoms with Crippen LogP contribution in [0.4, 0.5) is 18.9 Å². The van der Waals surface area contributed by atoms with E-state index < -0.39 is 17.6 Å². The van der Waals surface area contributed by atoms with E-state index in [2.05, 4.69) is 15.5 Å². The number of carbonyl (C=O) groups is 2. The summed E-state index contributed by atoms with van der Waals surface area (Å²) in [6.07, 6.45) is -2.86. The van der Waals surface area contributed by atoms with Gasteiger partial charge in [-0.1, -0.05) is 36.0 Å². The van der Waals surface area contributed by atoms with Crippen LogP contribution in [-0.2, 0) is 23.9 Å². The number of para-hydroxylation sites is 1. The van der Waals surface area contributed by atoms with Gasteiger partial charge in [0.1, 0.15) is 11.5 Å². The van der Waals surface area contributed by atoms with Crippen LogP contribution in [0.5, 0.6) is 11.5 Å². The molecule has 4 aromatic rings. The number of halogens is 3. The van der Waals surface area contributed by atoms with Crippen LogP contribution >= 0.6 is 11.8 Å². The molecule has 9 nitrogen and oxygen atoms in total. The molecular formula is C30H28F3N5O4S. The first-order chi connectivity index (χ1) is 20.7. The van der Waals surface area contributed by atoms with Gasteiger partial charge in [0.15, 0.2) is 11.0 Å². The number of methoxy groups -OCH3 is 2. The van der Waals surface area contributed by atoms with Crippen LogP contribution in [0.1, 0.15) is 33.7 Å². The second-order valence-electron chi connectivity index (χ2n) is 9.63. The van der Waals surface area contributed by atoms with Gasteiger partial charge in [-0.05, 0) is 54.8 Å². The Bertz CT molecular complexity index is 1620. The summed E-state index contributed by atoms with van der Waals surface area (Å²) in [7, 11) is 2.92. The van der Waals surface area contributed by atoms with Crippen molar-refractivity contribution in [3.8, 4) is 17.2 Å². The number of nitrogens with one attached hydrogen (secondary N) is 1. The molecule has 0 aliphatic carbocycles. The smallest absolute Gasteiger partial charge is 0.416 e. The van der Waals surface area contributed by atoms with Crippen LogP contribution in [0.3, 0.4) is 0 Å². The highest BCUT2D eigenvalue weighted by molar-refractivity contribution is 7.99. The molecule has 0 spiro atoms. The second-order valence-corrected chi connectivity index (χ2v) is 10.6. The average Bonchev–Trinajstić information content (AvgIpc) is 3.44. The van der Waals surface area contributed by atoms with Gasteiger partial charge in [0.25, 0.3) is 5.91 Å². The van der Waals surface area contributed by atoms with Crippen LogP contribution < -0.4 is 19.7 Å². The number of thioether (sulfide) groups is 1. The number of ether oxygens (including phenoxy) is 2. The summed E-state index contributed by atoms with van der Waals surface area (Å²) in [6, 6.07) is 17.1. The third-order valence-electron chi connectivity index (χ3n) is 6.89. The Morgan fingerprint density at radius 3 is 2.44 bits per heavy atom. The monoisotopic (exact) mass is 611 g/mol. The predicted octanol–water partition coefficient (Wildman–Crippen LogP) is 5.30. The number of amides is 2. The van der Waals surface area contributed by atoms with E-state index in [1.807, 2.05) is 24.3 Å². The molecule has 2 heterocycles. The average molecular weight is 612 g/mol. The number of benzene rings is 3. The fourth-order valence-electron chi connectivity index (χ4n) is 4.79. The van der Waals surface area contributed by atoms with Gasteiger partial charge in [0.05, 0.1) is 37.8 Å². The zero-order chi connectivity index (χ0) is 30.6. The van der Waals surface area contributed by atoms with Crippen molar-refractivity contribution in [2.75, 3.05) is 31.4 Å². The molecule has 13 heteroatoms. The van der Waals surface area contributed by atoms with Crippen LogP contribution in [0.15, 0.2) is 71.9 Å². The molecule has 1 aliphatic rings. The van der Waals surface area contributed by atoms with E-state index in [4.69, 9.17) is 9.47 Å². The SMILES string of the molecule is COc1cc(OC)cc(C(=O)NCc2nnc(SCC(=O)N3CCCc4ccccc43)n2-c2cccc(C(F)(F)F)c2)c1. The first-order valence-electron chi connectivity index (χ1n) is 13.3. The number of rotatable bonds is 9. The molecule has 0 unspecified atom stereocenters. The van der Waals surface area contributed by atoms with Crippen molar-refractivity contribution in [2.45, 2.75) is 30.7 Å². The molecule has 1 aliphatic heterocycles. The zero-order valence-corrected chi connectivity index (χ0v) is 24.2. The third kappa shape index (κ3) is 6.77. The Kier molecular flexibility index (Phi) is 8.90. The summed E-state index contributed by atoms with van der Waals surface area (Å²) in [5, 5.41) is 11.3. The van der Waals surface area contributed by atoms with Gasteiger partial charge in [-0.2, -0.15) is 13.2 Å². The lowest BCUT2D eigenvalue weighted by molar-refractivity contribution is -0.137. The van der Waals surface area contributed by atoms with Crippen LogP contribution in [-0.4, -0.2) is 53.1 Å². The van der Waals surface area contributed by atoms with Crippen LogP contribution in [0.2, 0.25) is 0 Å². The minimum atomic E-state index is -4.57. The fraction of sp³-hybridized carbons (Fsp3) is 0.267. The van der Waals surface area contributed by atoms with E-state index in [0.717, 1.165) is 48.0 Å². The van der Waals surface area contributed by atoms with Crippen molar-refractivity contribution in [3.63, 3.8) is 0 Å². The van der Waals surface area contributed by atoms with Gasteiger partial charge in [-0.25, -0.2) is 0 Å². The quantitative estimate of drug-likeness (QED) is 0.257. The number of hydrogen-bond acceptors (Lipinski definition) is 7. The lowest BCUT2D eigenvalue weighted by Crippen LogP contribution is -2.36. The third-order valence-corrected chi connectivity index (χ3v) is 7.80. The highest BCUT2D eigenvalue weighted by Gasteiger charge is 2.31. The number of carbonyl (C=O) groups excluding carboxylic acids is 2. The summed E-state index contributed by atoms with van der Waals surface area (Å²) in [5.74, 6) is 0.358. The maximum absolute atomic E-state index is 13.6. The second kappa shape index (κ2) is 12.8. The summed E-state index contributed by atoms with van der Waals surface area (Å²) < 4.78 is 52.6. The van der Waals surface area contributed by atoms with Crippen LogP contribution in [0.25, 0.3) is 5.69 Å². The molecule has 5 rings (SSSR count). The van der Waals surface area contributed by atoms with Crippen molar-refractivity contribution in [3.05, 3.63) is 89.2 Å². The van der Waals surface area contributed by atoms with E-state index in [1.165, 1.54) is 43.1 Å². The van der Waals surface area contributed by atoms with Gasteiger partial charge >= 0.3 is 6.18 Å². The standard InChI is InChI=1S/C30H28F3N5O4S/c1-41-23-13-20(14-24(16-23)42-2)28(40)34-17-26-35-36-29(38(26)22-10-5-9-21(15-22)30(31,32)33)43-18-27(39)37-12-6-8-19-7-3-4-11-25(19)37/h3-5,7,9-11,13-16H,6,8,12,17-18H2,1-2H3,(H,34,40). The minimum absolute atomic E-state index is 0.0125. The topological polar surface area (TPSA) is 98.6 Å². The van der Waals surface area contributed by atoms with E-state index in [1.54, 1.807) is 11.0 Å². The van der Waals surface area contributed by atoms with E-state index in [9.17, 15) is 22.8 Å². The Hall–Kier alpha value is -4.52. The zero-order valence-electron chi connectivity index (χ0n) is 23.4. The van der Waals surface area contributed by atoms with Crippen molar-refractivity contribution >= 4 is 29.3 Å². The fourth-order valence-corrected chi connectivity index (χ4v) is 5.63. The molecule has 0 saturated carbocycles. The van der Waals surface area contributed by atoms with Crippen molar-refractivity contribution in [1.82, 2.24) is 20.1 Å². The van der Waals surface area contributed by atoms with Crippen molar-refractivity contribution in [2.24, 2.45) is 0 Å². The number of alkyl halides is 3. The highest BCUT2D eigenvalue weighted by Crippen LogP contribution is 2.33. The normalized spacial score (nSPS) is 12.9. The van der Waals surface area contributed by atoms with E-state index in [-0.39, 0.29) is 40.4 Å². The minimum Gasteiger partial charge on any atom is -0.497 e. The molecule has 1 aromatic heterocycles. The highest BCUT2D eigenvalue weighted by atomic mass is 32.2. The predicted molar refractivity (Wildman–Crippen MR) is 155 cm³/mol. The summed E-state index contributed by atoms with van der Waals surface area (Å²) in [6.45, 7) is 0.415. The number of anilines is 1. The number of aryl methyl sites for hydroxylation is 1. The lowest BCUT2D eigenvalue weighted by atomic mass is 10.0. The first-order valence-corrected chi connectivity index (χ1v) is 14.3. The molecule has 0 saturated heterocycles.